The Morgan fingerprint density at radius 1 is 1.27 bits per heavy atom. The molecule has 6 nitrogen and oxygen atoms in total. The molecule has 1 aromatic rings. The van der Waals surface area contributed by atoms with Crippen molar-refractivity contribution in [2.75, 3.05) is 26.7 Å². The highest BCUT2D eigenvalue weighted by Gasteiger charge is 2.06. The molecule has 0 aliphatic heterocycles. The predicted molar refractivity (Wildman–Crippen MR) is 117 cm³/mol. The van der Waals surface area contributed by atoms with Crippen LogP contribution in [0.3, 0.4) is 0 Å². The third-order valence-electron chi connectivity index (χ3n) is 3.42. The summed E-state index contributed by atoms with van der Waals surface area (Å²) >= 11 is 0. The Kier molecular flexibility index (Phi) is 12.9. The first kappa shape index (κ1) is 24.5. The summed E-state index contributed by atoms with van der Waals surface area (Å²) in [4.78, 5) is 16.0. The SMILES string of the molecule is CCNC(=NCCC(=O)OC(C)C)NCCc1cc(C)ccc1OC.I. The largest absolute Gasteiger partial charge is 0.496 e. The fourth-order valence-electron chi connectivity index (χ4n) is 2.34. The van der Waals surface area contributed by atoms with Gasteiger partial charge < -0.3 is 20.1 Å². The number of nitrogens with one attached hydrogen (secondary N) is 2. The quantitative estimate of drug-likeness (QED) is 0.248. The second kappa shape index (κ2) is 13.7. The molecular weight excluding hydrogens is 445 g/mol. The average molecular weight is 477 g/mol. The lowest BCUT2D eigenvalue weighted by atomic mass is 10.1. The maximum atomic E-state index is 11.5. The maximum Gasteiger partial charge on any atom is 0.307 e. The highest BCUT2D eigenvalue weighted by molar-refractivity contribution is 14.0. The van der Waals surface area contributed by atoms with Gasteiger partial charge in [-0.1, -0.05) is 17.7 Å². The second-order valence-corrected chi connectivity index (χ2v) is 6.04. The molecule has 0 aliphatic carbocycles. The molecule has 7 heteroatoms. The Bertz CT molecular complexity index is 577. The molecule has 148 valence electrons. The van der Waals surface area contributed by atoms with Gasteiger partial charge >= 0.3 is 5.97 Å². The number of halogens is 1. The minimum Gasteiger partial charge on any atom is -0.496 e. The number of carbonyl (C=O) groups is 1. The first-order valence-corrected chi connectivity index (χ1v) is 8.81. The van der Waals surface area contributed by atoms with Gasteiger partial charge in [-0.05, 0) is 45.7 Å². The van der Waals surface area contributed by atoms with Crippen molar-refractivity contribution in [3.8, 4) is 5.75 Å². The molecule has 0 radical (unpaired) electrons. The molecule has 26 heavy (non-hydrogen) atoms. The molecular formula is C19H32IN3O3. The van der Waals surface area contributed by atoms with E-state index < -0.39 is 0 Å². The van der Waals surface area contributed by atoms with Gasteiger partial charge in [0.25, 0.3) is 0 Å². The number of aryl methyl sites for hydroxylation is 1. The summed E-state index contributed by atoms with van der Waals surface area (Å²) in [6, 6.07) is 6.16. The molecule has 2 N–H and O–H groups in total. The van der Waals surface area contributed by atoms with Crippen molar-refractivity contribution in [2.45, 2.75) is 46.6 Å². The van der Waals surface area contributed by atoms with Crippen LogP contribution in [0.25, 0.3) is 0 Å². The average Bonchev–Trinajstić information content (AvgIpc) is 2.54. The van der Waals surface area contributed by atoms with E-state index in [9.17, 15) is 4.79 Å². The number of methoxy groups -OCH3 is 1. The molecule has 1 aromatic carbocycles. The predicted octanol–water partition coefficient (Wildman–Crippen LogP) is 3.06. The summed E-state index contributed by atoms with van der Waals surface area (Å²) in [5, 5.41) is 6.46. The minimum absolute atomic E-state index is 0. The van der Waals surface area contributed by atoms with Crippen LogP contribution in [0.4, 0.5) is 0 Å². The summed E-state index contributed by atoms with van der Waals surface area (Å²) in [6.07, 6.45) is 1.01. The van der Waals surface area contributed by atoms with Crippen molar-refractivity contribution in [2.24, 2.45) is 4.99 Å². The summed E-state index contributed by atoms with van der Waals surface area (Å²) in [6.45, 7) is 9.64. The maximum absolute atomic E-state index is 11.5. The molecule has 0 fully saturated rings. The summed E-state index contributed by atoms with van der Waals surface area (Å²) in [5.74, 6) is 1.37. The van der Waals surface area contributed by atoms with Gasteiger partial charge in [0.2, 0.25) is 0 Å². The van der Waals surface area contributed by atoms with Crippen LogP contribution >= 0.6 is 24.0 Å². The first-order valence-electron chi connectivity index (χ1n) is 8.81. The number of aliphatic imine (C=N–C) groups is 1. The molecule has 0 bridgehead atoms. The summed E-state index contributed by atoms with van der Waals surface area (Å²) in [7, 11) is 1.68. The number of hydrogen-bond acceptors (Lipinski definition) is 4. The van der Waals surface area contributed by atoms with Crippen LogP contribution in [0, 0.1) is 6.92 Å². The van der Waals surface area contributed by atoms with Crippen LogP contribution in [0.2, 0.25) is 0 Å². The van der Waals surface area contributed by atoms with E-state index in [-0.39, 0.29) is 42.5 Å². The Morgan fingerprint density at radius 3 is 2.62 bits per heavy atom. The zero-order valence-corrected chi connectivity index (χ0v) is 18.8. The number of carbonyl (C=O) groups excluding carboxylic acids is 1. The monoisotopic (exact) mass is 477 g/mol. The topological polar surface area (TPSA) is 72.0 Å². The molecule has 0 saturated heterocycles. The van der Waals surface area contributed by atoms with E-state index in [4.69, 9.17) is 9.47 Å². The van der Waals surface area contributed by atoms with Crippen LogP contribution in [0.5, 0.6) is 5.75 Å². The van der Waals surface area contributed by atoms with Crippen LogP contribution in [0.15, 0.2) is 23.2 Å². The Balaban J connectivity index is 0.00000625. The number of ether oxygens (including phenoxy) is 2. The van der Waals surface area contributed by atoms with Crippen molar-refractivity contribution in [3.05, 3.63) is 29.3 Å². The van der Waals surface area contributed by atoms with Crippen LogP contribution in [-0.2, 0) is 16.0 Å². The summed E-state index contributed by atoms with van der Waals surface area (Å²) in [5.41, 5.74) is 2.37. The van der Waals surface area contributed by atoms with E-state index in [0.29, 0.717) is 12.5 Å². The van der Waals surface area contributed by atoms with Gasteiger partial charge in [-0.2, -0.15) is 0 Å². The van der Waals surface area contributed by atoms with Gasteiger partial charge in [-0.25, -0.2) is 0 Å². The lowest BCUT2D eigenvalue weighted by Gasteiger charge is -2.13. The zero-order chi connectivity index (χ0) is 18.7. The van der Waals surface area contributed by atoms with Gasteiger partial charge in [0, 0.05) is 13.1 Å². The standard InChI is InChI=1S/C19H31N3O3.HI/c1-6-20-19(22-12-10-18(23)25-14(2)3)21-11-9-16-13-15(4)7-8-17(16)24-5;/h7-8,13-14H,6,9-12H2,1-5H3,(H2,20,21,22);1H. The Morgan fingerprint density at radius 2 is 2.00 bits per heavy atom. The number of benzene rings is 1. The van der Waals surface area contributed by atoms with E-state index in [2.05, 4.69) is 28.6 Å². The molecule has 0 aromatic heterocycles. The van der Waals surface area contributed by atoms with Crippen molar-refractivity contribution < 1.29 is 14.3 Å². The fourth-order valence-corrected chi connectivity index (χ4v) is 2.34. The fraction of sp³-hybridized carbons (Fsp3) is 0.579. The molecule has 0 heterocycles. The Labute approximate surface area is 174 Å². The van der Waals surface area contributed by atoms with E-state index in [1.165, 1.54) is 5.56 Å². The van der Waals surface area contributed by atoms with Gasteiger partial charge in [0.15, 0.2) is 5.96 Å². The van der Waals surface area contributed by atoms with Crippen LogP contribution < -0.4 is 15.4 Å². The third kappa shape index (κ3) is 9.84. The highest BCUT2D eigenvalue weighted by atomic mass is 127. The number of esters is 1. The molecule has 0 saturated carbocycles. The first-order chi connectivity index (χ1) is 12.0. The Hall–Kier alpha value is -1.51. The summed E-state index contributed by atoms with van der Waals surface area (Å²) < 4.78 is 10.5. The lowest BCUT2D eigenvalue weighted by Crippen LogP contribution is -2.38. The van der Waals surface area contributed by atoms with E-state index in [0.717, 1.165) is 30.8 Å². The highest BCUT2D eigenvalue weighted by Crippen LogP contribution is 2.19. The zero-order valence-electron chi connectivity index (χ0n) is 16.4. The molecule has 0 aliphatic rings. The van der Waals surface area contributed by atoms with E-state index >= 15 is 0 Å². The minimum atomic E-state index is -0.223. The van der Waals surface area contributed by atoms with Crippen molar-refractivity contribution in [1.29, 1.82) is 0 Å². The van der Waals surface area contributed by atoms with Crippen molar-refractivity contribution in [3.63, 3.8) is 0 Å². The van der Waals surface area contributed by atoms with Gasteiger partial charge in [0.05, 0.1) is 26.2 Å². The van der Waals surface area contributed by atoms with Crippen LogP contribution in [0.1, 0.15) is 38.3 Å². The van der Waals surface area contributed by atoms with Gasteiger partial charge in [-0.3, -0.25) is 9.79 Å². The van der Waals surface area contributed by atoms with E-state index in [1.54, 1.807) is 7.11 Å². The molecule has 0 spiro atoms. The van der Waals surface area contributed by atoms with Crippen molar-refractivity contribution >= 4 is 35.9 Å². The second-order valence-electron chi connectivity index (χ2n) is 6.04. The number of guanidine groups is 1. The smallest absolute Gasteiger partial charge is 0.307 e. The molecule has 0 amide bonds. The number of rotatable bonds is 9. The number of hydrogen-bond donors (Lipinski definition) is 2. The molecule has 1 rings (SSSR count). The van der Waals surface area contributed by atoms with Gasteiger partial charge in [0.1, 0.15) is 5.75 Å². The molecule has 0 unspecified atom stereocenters. The lowest BCUT2D eigenvalue weighted by molar-refractivity contribution is -0.147. The van der Waals surface area contributed by atoms with E-state index in [1.807, 2.05) is 32.9 Å². The van der Waals surface area contributed by atoms with Crippen LogP contribution in [-0.4, -0.2) is 44.8 Å². The molecule has 0 atom stereocenters. The van der Waals surface area contributed by atoms with Gasteiger partial charge in [-0.15, -0.1) is 24.0 Å². The van der Waals surface area contributed by atoms with Crippen molar-refractivity contribution in [1.82, 2.24) is 10.6 Å². The number of nitrogens with zero attached hydrogens (tertiary/aromatic N) is 1. The normalized spacial score (nSPS) is 10.9. The third-order valence-corrected chi connectivity index (χ3v) is 3.42.